The van der Waals surface area contributed by atoms with Crippen LogP contribution in [0, 0.1) is 0 Å². The number of hydrogen-bond acceptors (Lipinski definition) is 1. The van der Waals surface area contributed by atoms with Crippen molar-refractivity contribution in [2.24, 2.45) is 0 Å². The van der Waals surface area contributed by atoms with Crippen LogP contribution in [0.25, 0.3) is 0 Å². The molecule has 0 spiro atoms. The molecule has 0 aromatic carbocycles. The molecule has 1 heterocycles. The van der Waals surface area contributed by atoms with Crippen molar-refractivity contribution >= 4 is 12.7 Å². The van der Waals surface area contributed by atoms with Crippen molar-refractivity contribution < 1.29 is 0 Å². The molecule has 1 aromatic rings. The molecule has 0 fully saturated rings. The van der Waals surface area contributed by atoms with Gasteiger partial charge in [0.15, 0.2) is 0 Å². The Kier molecular flexibility index (Phi) is 0.672. The van der Waals surface area contributed by atoms with Crippen molar-refractivity contribution in [3.63, 3.8) is 0 Å². The zero-order valence-corrected chi connectivity index (χ0v) is 3.31. The first-order valence-corrected chi connectivity index (χ1v) is 1.78. The Morgan fingerprint density at radius 2 is 2.67 bits per heavy atom. The van der Waals surface area contributed by atoms with Crippen LogP contribution in [0.5, 0.6) is 0 Å². The molecule has 1 aromatic heterocycles. The molecule has 2 nitrogen and oxygen atoms in total. The van der Waals surface area contributed by atoms with Gasteiger partial charge in [-0.05, 0) is 0 Å². The van der Waals surface area contributed by atoms with Crippen LogP contribution in [0.3, 0.4) is 0 Å². The Hall–Kier alpha value is -0.725. The van der Waals surface area contributed by atoms with Crippen LogP contribution in [0.15, 0.2) is 12.2 Å². The Balaban J connectivity index is 3.05. The molecule has 0 aliphatic carbocycles. The Morgan fingerprint density at radius 3 is 2.83 bits per heavy atom. The molecule has 0 radical (unpaired) electrons. The van der Waals surface area contributed by atoms with E-state index in [9.17, 15) is 0 Å². The average Bonchev–Trinajstić information content (AvgIpc) is 1.86. The molecule has 0 unspecified atom stereocenters. The first-order chi connectivity index (χ1) is 2.89. The number of H-pyrrole nitrogens is 1. The first-order valence-electron chi connectivity index (χ1n) is 1.78. The number of nitrogens with one attached hydrogen (secondary N) is 1. The fraction of sp³-hybridized carbons (Fsp3) is 0. The number of aromatic amines is 1. The Morgan fingerprint density at radius 1 is 1.83 bits per heavy atom. The van der Waals surface area contributed by atoms with Crippen LogP contribution in [0.2, 0.25) is 0 Å². The second-order valence-corrected chi connectivity index (χ2v) is 1.14. The third kappa shape index (κ3) is 0.430. The summed E-state index contributed by atoms with van der Waals surface area (Å²) in [5.41, 5.74) is 6.03. The predicted molar refractivity (Wildman–Crippen MR) is 26.6 cm³/mol. The van der Waals surface area contributed by atoms with Gasteiger partial charge in [0.05, 0.1) is 0 Å². The molecule has 30 valence electrons. The quantitative estimate of drug-likeness (QED) is 0.450. The molecule has 1 rings (SSSR count). The van der Waals surface area contributed by atoms with E-state index >= 15 is 0 Å². The van der Waals surface area contributed by atoms with E-state index in [4.69, 9.17) is 5.73 Å². The standard InChI is InChI=1S/C3H5BN2/c5-3-1-4-6-2-3/h1-2,6H,5H2. The summed E-state index contributed by atoms with van der Waals surface area (Å²) < 4.78 is 0. The van der Waals surface area contributed by atoms with E-state index in [1.807, 2.05) is 0 Å². The fourth-order valence-electron chi connectivity index (χ4n) is 0.337. The average molecular weight is 79.9 g/mol. The molecule has 0 aliphatic heterocycles. The summed E-state index contributed by atoms with van der Waals surface area (Å²) in [5, 5.41) is 0. The van der Waals surface area contributed by atoms with Gasteiger partial charge in [0, 0.05) is 0 Å². The van der Waals surface area contributed by atoms with Crippen molar-refractivity contribution in [1.82, 2.24) is 4.89 Å². The molecular formula is C3H5BN2. The van der Waals surface area contributed by atoms with Crippen molar-refractivity contribution in [3.8, 4) is 0 Å². The van der Waals surface area contributed by atoms with Gasteiger partial charge >= 0.3 is 35.5 Å². The monoisotopic (exact) mass is 80.1 g/mol. The molecule has 0 saturated heterocycles. The first kappa shape index (κ1) is 3.46. The van der Waals surface area contributed by atoms with Gasteiger partial charge < -0.3 is 0 Å². The second-order valence-electron chi connectivity index (χ2n) is 1.14. The van der Waals surface area contributed by atoms with E-state index in [-0.39, 0.29) is 0 Å². The van der Waals surface area contributed by atoms with Crippen LogP contribution in [-0.2, 0) is 0 Å². The van der Waals surface area contributed by atoms with Crippen LogP contribution >= 0.6 is 0 Å². The van der Waals surface area contributed by atoms with E-state index in [1.54, 1.807) is 19.2 Å². The number of nitrogen functional groups attached to an aromatic ring is 1. The summed E-state index contributed by atoms with van der Waals surface area (Å²) in [7, 11) is 1.79. The van der Waals surface area contributed by atoms with Crippen LogP contribution in [-0.4, -0.2) is 11.9 Å². The molecule has 6 heavy (non-hydrogen) atoms. The normalized spacial score (nSPS) is 8.00. The molecule has 0 bridgehead atoms. The Labute approximate surface area is 36.6 Å². The van der Waals surface area contributed by atoms with Gasteiger partial charge in [0.2, 0.25) is 0 Å². The van der Waals surface area contributed by atoms with Gasteiger partial charge in [-0.25, -0.2) is 0 Å². The van der Waals surface area contributed by atoms with Gasteiger partial charge in [-0.3, -0.25) is 0 Å². The van der Waals surface area contributed by atoms with Crippen molar-refractivity contribution in [2.45, 2.75) is 0 Å². The van der Waals surface area contributed by atoms with E-state index in [2.05, 4.69) is 4.89 Å². The number of hydrogen-bond donors (Lipinski definition) is 2. The van der Waals surface area contributed by atoms with Crippen LogP contribution < -0.4 is 5.73 Å². The van der Waals surface area contributed by atoms with Gasteiger partial charge in [-0.1, -0.05) is 0 Å². The number of rotatable bonds is 0. The minimum absolute atomic E-state index is 0.787. The summed E-state index contributed by atoms with van der Waals surface area (Å²) in [5.74, 6) is 1.81. The van der Waals surface area contributed by atoms with E-state index < -0.39 is 0 Å². The van der Waals surface area contributed by atoms with Crippen molar-refractivity contribution in [3.05, 3.63) is 12.2 Å². The van der Waals surface area contributed by atoms with Gasteiger partial charge in [0.25, 0.3) is 0 Å². The maximum absolute atomic E-state index is 5.25. The topological polar surface area (TPSA) is 41.8 Å². The van der Waals surface area contributed by atoms with Crippen LogP contribution in [0.4, 0.5) is 5.69 Å². The van der Waals surface area contributed by atoms with Gasteiger partial charge in [0.1, 0.15) is 0 Å². The fourth-order valence-corrected chi connectivity index (χ4v) is 0.337. The van der Waals surface area contributed by atoms with E-state index in [1.165, 1.54) is 0 Å². The third-order valence-electron chi connectivity index (χ3n) is 0.622. The summed E-state index contributed by atoms with van der Waals surface area (Å²) in [6, 6.07) is 0. The van der Waals surface area contributed by atoms with Gasteiger partial charge in [-0.2, -0.15) is 0 Å². The summed E-state index contributed by atoms with van der Waals surface area (Å²) >= 11 is 0. The number of aromatic nitrogens is 1. The second kappa shape index (κ2) is 1.16. The number of anilines is 1. The predicted octanol–water partition coefficient (Wildman–Crippen LogP) is -0.0650. The molecule has 3 N–H and O–H groups in total. The van der Waals surface area contributed by atoms with Gasteiger partial charge in [-0.15, -0.1) is 0 Å². The molecule has 0 amide bonds. The van der Waals surface area contributed by atoms with E-state index in [0.717, 1.165) is 5.69 Å². The third-order valence-corrected chi connectivity index (χ3v) is 0.622. The zero-order chi connectivity index (χ0) is 4.41. The van der Waals surface area contributed by atoms with Crippen LogP contribution in [0.1, 0.15) is 0 Å². The van der Waals surface area contributed by atoms with E-state index in [0.29, 0.717) is 0 Å². The summed E-state index contributed by atoms with van der Waals surface area (Å²) in [4.78, 5) is 2.80. The minimum atomic E-state index is 0.787. The number of nitrogens with two attached hydrogens (primary N) is 1. The maximum atomic E-state index is 5.25. The zero-order valence-electron chi connectivity index (χ0n) is 3.31. The molecular weight excluding hydrogens is 74.9 g/mol. The summed E-state index contributed by atoms with van der Waals surface area (Å²) in [6.45, 7) is 0. The van der Waals surface area contributed by atoms with Crippen molar-refractivity contribution in [2.75, 3.05) is 5.73 Å². The molecule has 3 heteroatoms. The summed E-state index contributed by atoms with van der Waals surface area (Å²) in [6.07, 6.45) is 1.74. The molecule has 0 aliphatic rings. The van der Waals surface area contributed by atoms with Crippen molar-refractivity contribution in [1.29, 1.82) is 0 Å². The Bertz CT molecular complexity index is 112. The molecule has 0 atom stereocenters. The SMILES string of the molecule is Nc1cb[nH]c1. The molecule has 0 saturated carbocycles.